The van der Waals surface area contributed by atoms with E-state index < -0.39 is 0 Å². The van der Waals surface area contributed by atoms with Crippen molar-refractivity contribution in [3.8, 4) is 0 Å². The predicted octanol–water partition coefficient (Wildman–Crippen LogP) is 4.97. The van der Waals surface area contributed by atoms with Crippen molar-refractivity contribution in [2.45, 2.75) is 24.5 Å². The van der Waals surface area contributed by atoms with E-state index in [4.69, 9.17) is 11.6 Å². The first-order valence-corrected chi connectivity index (χ1v) is 11.2. The first-order chi connectivity index (χ1) is 14.6. The van der Waals surface area contributed by atoms with Crippen LogP contribution in [-0.2, 0) is 4.79 Å². The van der Waals surface area contributed by atoms with Gasteiger partial charge in [0.2, 0.25) is 5.91 Å². The number of nitrogens with zero attached hydrogens (tertiary/aromatic N) is 3. The standard InChI is InChI=1S/C23H25ClN4OS/c1-3-14-28(2)20-15-19(24)25-23(26-20)30-16-21(29)27-22(17-10-6-4-7-11-17)18-12-8-5-9-13-18/h4-13,15,22H,3,14,16H2,1-2H3,(H,27,29). The van der Waals surface area contributed by atoms with Crippen molar-refractivity contribution in [3.63, 3.8) is 0 Å². The zero-order valence-electron chi connectivity index (χ0n) is 17.1. The molecule has 5 nitrogen and oxygen atoms in total. The zero-order chi connectivity index (χ0) is 21.3. The van der Waals surface area contributed by atoms with Crippen molar-refractivity contribution in [2.75, 3.05) is 24.2 Å². The summed E-state index contributed by atoms with van der Waals surface area (Å²) in [6.07, 6.45) is 1.00. The highest BCUT2D eigenvalue weighted by Gasteiger charge is 2.17. The maximum atomic E-state index is 12.7. The van der Waals surface area contributed by atoms with E-state index in [2.05, 4.69) is 22.2 Å². The monoisotopic (exact) mass is 440 g/mol. The largest absolute Gasteiger partial charge is 0.360 e. The molecule has 30 heavy (non-hydrogen) atoms. The highest BCUT2D eigenvalue weighted by Crippen LogP contribution is 2.24. The molecule has 0 atom stereocenters. The number of halogens is 1. The number of thioether (sulfide) groups is 1. The molecule has 0 unspecified atom stereocenters. The van der Waals surface area contributed by atoms with Crippen molar-refractivity contribution in [2.24, 2.45) is 0 Å². The number of amides is 1. The van der Waals surface area contributed by atoms with E-state index in [1.54, 1.807) is 6.07 Å². The highest BCUT2D eigenvalue weighted by atomic mass is 35.5. The van der Waals surface area contributed by atoms with E-state index in [0.717, 1.165) is 29.9 Å². The second-order valence-electron chi connectivity index (χ2n) is 6.86. The molecule has 0 aliphatic carbocycles. The molecular formula is C23H25ClN4OS. The molecule has 0 saturated carbocycles. The normalized spacial score (nSPS) is 10.8. The van der Waals surface area contributed by atoms with Crippen molar-refractivity contribution in [1.29, 1.82) is 0 Å². The molecule has 0 radical (unpaired) electrons. The minimum Gasteiger partial charge on any atom is -0.360 e. The van der Waals surface area contributed by atoms with E-state index in [0.29, 0.717) is 10.3 Å². The Hall–Kier alpha value is -2.57. The minimum absolute atomic E-state index is 0.0928. The Morgan fingerprint density at radius 2 is 1.67 bits per heavy atom. The summed E-state index contributed by atoms with van der Waals surface area (Å²) in [5.41, 5.74) is 2.06. The van der Waals surface area contributed by atoms with Gasteiger partial charge in [-0.3, -0.25) is 4.79 Å². The molecule has 2 aromatic carbocycles. The molecule has 0 aliphatic heterocycles. The number of carbonyl (C=O) groups is 1. The summed E-state index contributed by atoms with van der Waals surface area (Å²) in [5.74, 6) is 0.865. The maximum Gasteiger partial charge on any atom is 0.231 e. The average Bonchev–Trinajstić information content (AvgIpc) is 2.77. The van der Waals surface area contributed by atoms with E-state index in [9.17, 15) is 4.79 Å². The molecular weight excluding hydrogens is 416 g/mol. The first kappa shape index (κ1) is 22.1. The third-order valence-corrected chi connectivity index (χ3v) is 5.56. The molecule has 1 heterocycles. The second kappa shape index (κ2) is 11.0. The number of aromatic nitrogens is 2. The van der Waals surface area contributed by atoms with E-state index in [-0.39, 0.29) is 17.7 Å². The molecule has 3 rings (SSSR count). The van der Waals surface area contributed by atoms with Crippen LogP contribution in [0.5, 0.6) is 0 Å². The molecule has 0 fully saturated rings. The highest BCUT2D eigenvalue weighted by molar-refractivity contribution is 7.99. The third-order valence-electron chi connectivity index (χ3n) is 4.51. The molecule has 7 heteroatoms. The van der Waals surface area contributed by atoms with Crippen LogP contribution in [0.2, 0.25) is 5.15 Å². The average molecular weight is 441 g/mol. The Kier molecular flexibility index (Phi) is 8.11. The predicted molar refractivity (Wildman–Crippen MR) is 124 cm³/mol. The summed E-state index contributed by atoms with van der Waals surface area (Å²) in [7, 11) is 1.97. The van der Waals surface area contributed by atoms with E-state index in [1.807, 2.05) is 72.6 Å². The smallest absolute Gasteiger partial charge is 0.231 e. The summed E-state index contributed by atoms with van der Waals surface area (Å²) >= 11 is 7.44. The maximum absolute atomic E-state index is 12.7. The molecule has 3 aromatic rings. The molecule has 1 amide bonds. The van der Waals surface area contributed by atoms with Crippen molar-refractivity contribution in [1.82, 2.24) is 15.3 Å². The van der Waals surface area contributed by atoms with Crippen LogP contribution in [0.15, 0.2) is 71.9 Å². The second-order valence-corrected chi connectivity index (χ2v) is 8.19. The van der Waals surface area contributed by atoms with Crippen LogP contribution in [0.1, 0.15) is 30.5 Å². The van der Waals surface area contributed by atoms with Gasteiger partial charge in [-0.1, -0.05) is 91.0 Å². The minimum atomic E-state index is -0.216. The Bertz CT molecular complexity index is 916. The van der Waals surface area contributed by atoms with Crippen LogP contribution in [0.25, 0.3) is 0 Å². The SMILES string of the molecule is CCCN(C)c1cc(Cl)nc(SCC(=O)NC(c2ccccc2)c2ccccc2)n1. The lowest BCUT2D eigenvalue weighted by atomic mass is 9.99. The van der Waals surface area contributed by atoms with Gasteiger partial charge in [0.25, 0.3) is 0 Å². The van der Waals surface area contributed by atoms with Crippen molar-refractivity contribution < 1.29 is 4.79 Å². The lowest BCUT2D eigenvalue weighted by Crippen LogP contribution is -2.30. The quantitative estimate of drug-likeness (QED) is 0.289. The Labute approximate surface area is 186 Å². The molecule has 0 aliphatic rings. The van der Waals surface area contributed by atoms with Gasteiger partial charge in [-0.2, -0.15) is 0 Å². The van der Waals surface area contributed by atoms with Gasteiger partial charge in [0.1, 0.15) is 11.0 Å². The van der Waals surface area contributed by atoms with Crippen molar-refractivity contribution in [3.05, 3.63) is 83.0 Å². The Morgan fingerprint density at radius 1 is 1.07 bits per heavy atom. The van der Waals surface area contributed by atoms with Gasteiger partial charge in [0, 0.05) is 19.7 Å². The number of hydrogen-bond acceptors (Lipinski definition) is 5. The van der Waals surface area contributed by atoms with Crippen LogP contribution in [0, 0.1) is 0 Å². The molecule has 1 aromatic heterocycles. The van der Waals surface area contributed by atoms with Crippen LogP contribution >= 0.6 is 23.4 Å². The molecule has 0 saturated heterocycles. The Morgan fingerprint density at radius 3 is 2.23 bits per heavy atom. The number of benzene rings is 2. The summed E-state index contributed by atoms with van der Waals surface area (Å²) in [5, 5.41) is 4.00. The lowest BCUT2D eigenvalue weighted by molar-refractivity contribution is -0.119. The fraction of sp³-hybridized carbons (Fsp3) is 0.261. The van der Waals surface area contributed by atoms with Crippen LogP contribution in [0.3, 0.4) is 0 Å². The van der Waals surface area contributed by atoms with Gasteiger partial charge in [-0.15, -0.1) is 0 Å². The molecule has 1 N–H and O–H groups in total. The zero-order valence-corrected chi connectivity index (χ0v) is 18.7. The van der Waals surface area contributed by atoms with E-state index >= 15 is 0 Å². The number of hydrogen-bond donors (Lipinski definition) is 1. The molecule has 0 spiro atoms. The van der Waals surface area contributed by atoms with Gasteiger partial charge in [-0.05, 0) is 17.5 Å². The van der Waals surface area contributed by atoms with Gasteiger partial charge in [-0.25, -0.2) is 9.97 Å². The summed E-state index contributed by atoms with van der Waals surface area (Å²) in [4.78, 5) is 23.6. The summed E-state index contributed by atoms with van der Waals surface area (Å²) in [6, 6.07) is 21.4. The Balaban J connectivity index is 1.69. The van der Waals surface area contributed by atoms with E-state index in [1.165, 1.54) is 11.8 Å². The topological polar surface area (TPSA) is 58.1 Å². The lowest BCUT2D eigenvalue weighted by Gasteiger charge is -2.20. The third kappa shape index (κ3) is 6.21. The van der Waals surface area contributed by atoms with Crippen LogP contribution in [0.4, 0.5) is 5.82 Å². The number of anilines is 1. The fourth-order valence-electron chi connectivity index (χ4n) is 3.08. The van der Waals surface area contributed by atoms with Crippen molar-refractivity contribution >= 4 is 35.1 Å². The van der Waals surface area contributed by atoms with Gasteiger partial charge < -0.3 is 10.2 Å². The van der Waals surface area contributed by atoms with Gasteiger partial charge in [0.05, 0.1) is 11.8 Å². The number of rotatable bonds is 9. The molecule has 0 bridgehead atoms. The number of nitrogens with one attached hydrogen (secondary N) is 1. The molecule has 156 valence electrons. The van der Waals surface area contributed by atoms with Crippen LogP contribution < -0.4 is 10.2 Å². The number of carbonyl (C=O) groups excluding carboxylic acids is 1. The fourth-order valence-corrected chi connectivity index (χ4v) is 3.97. The summed E-state index contributed by atoms with van der Waals surface area (Å²) in [6.45, 7) is 2.98. The van der Waals surface area contributed by atoms with Gasteiger partial charge in [0.15, 0.2) is 5.16 Å². The summed E-state index contributed by atoms with van der Waals surface area (Å²) < 4.78 is 0. The first-order valence-electron chi connectivity index (χ1n) is 9.84. The van der Waals surface area contributed by atoms with Crippen LogP contribution in [-0.4, -0.2) is 35.2 Å². The van der Waals surface area contributed by atoms with Gasteiger partial charge >= 0.3 is 0 Å².